The zero-order valence-electron chi connectivity index (χ0n) is 31.0. The summed E-state index contributed by atoms with van der Waals surface area (Å²) in [6, 6.07) is 3.97. The highest BCUT2D eigenvalue weighted by Gasteiger charge is 2.70. The van der Waals surface area contributed by atoms with Gasteiger partial charge in [0, 0.05) is 53.6 Å². The van der Waals surface area contributed by atoms with Gasteiger partial charge in [-0.05, 0) is 122 Å². The molecule has 3 fully saturated rings. The summed E-state index contributed by atoms with van der Waals surface area (Å²) in [5, 5.41) is 3.46. The fourth-order valence-electron chi connectivity index (χ4n) is 12.4. The Morgan fingerprint density at radius 3 is 2.61 bits per heavy atom. The van der Waals surface area contributed by atoms with Crippen LogP contribution in [0.5, 0.6) is 0 Å². The van der Waals surface area contributed by atoms with Gasteiger partial charge in [-0.15, -0.1) is 0 Å². The molecule has 1 saturated heterocycles. The molecule has 7 bridgehead atoms. The number of ether oxygens (including phenoxy) is 2. The smallest absolute Gasteiger partial charge is 0.340 e. The Morgan fingerprint density at radius 1 is 1.00 bits per heavy atom. The van der Waals surface area contributed by atoms with Crippen molar-refractivity contribution in [3.63, 3.8) is 0 Å². The number of nitrogens with zero attached hydrogens (tertiary/aromatic N) is 2. The largest absolute Gasteiger partial charge is 0.427 e. The van der Waals surface area contributed by atoms with Crippen molar-refractivity contribution in [1.29, 1.82) is 0 Å². The second-order valence-corrected chi connectivity index (χ2v) is 19.6. The molecule has 5 heterocycles. The molecule has 6 aliphatic carbocycles. The molecule has 2 amide bonds. The molecular weight excluding hydrogens is 719 g/mol. The Labute approximate surface area is 324 Å². The van der Waals surface area contributed by atoms with Crippen molar-refractivity contribution < 1.29 is 28.7 Å². The monoisotopic (exact) mass is 765 g/mol. The molecule has 2 saturated carbocycles. The molecule has 1 N–H and O–H groups in total. The number of nitrogens with one attached hydrogen (secondary N) is 1. The normalized spacial score (nSPS) is 36.3. The average Bonchev–Trinajstić information content (AvgIpc) is 3.95. The van der Waals surface area contributed by atoms with Crippen LogP contribution in [0.25, 0.3) is 0 Å². The van der Waals surface area contributed by atoms with Gasteiger partial charge >= 0.3 is 11.9 Å². The molecular formula is C43H47N3O6S2. The van der Waals surface area contributed by atoms with E-state index in [1.54, 1.807) is 27.8 Å². The van der Waals surface area contributed by atoms with Gasteiger partial charge in [0.1, 0.15) is 17.3 Å². The van der Waals surface area contributed by atoms with E-state index in [9.17, 15) is 19.2 Å². The molecule has 282 valence electrons. The van der Waals surface area contributed by atoms with Crippen LogP contribution in [0, 0.1) is 40.4 Å². The van der Waals surface area contributed by atoms with Crippen LogP contribution < -0.4 is 5.32 Å². The molecule has 9 nitrogen and oxygen atoms in total. The summed E-state index contributed by atoms with van der Waals surface area (Å²) in [4.78, 5) is 61.6. The predicted octanol–water partition coefficient (Wildman–Crippen LogP) is 8.15. The average molecular weight is 766 g/mol. The third-order valence-electron chi connectivity index (χ3n) is 14.7. The Balaban J connectivity index is 1.20. The first-order chi connectivity index (χ1) is 26.2. The summed E-state index contributed by atoms with van der Waals surface area (Å²) in [6.07, 6.45) is 17.5. The highest BCUT2D eigenvalue weighted by atomic mass is 33.1. The molecule has 0 unspecified atom stereocenters. The van der Waals surface area contributed by atoms with Crippen molar-refractivity contribution in [2.75, 3.05) is 23.5 Å². The third kappa shape index (κ3) is 5.01. The van der Waals surface area contributed by atoms with Gasteiger partial charge in [-0.2, -0.15) is 0 Å². The van der Waals surface area contributed by atoms with Crippen LogP contribution in [-0.4, -0.2) is 51.8 Å². The number of pyridine rings is 1. The maximum absolute atomic E-state index is 14.7. The molecule has 11 rings (SSSR count). The van der Waals surface area contributed by atoms with Crippen LogP contribution in [0.15, 0.2) is 75.9 Å². The Bertz CT molecular complexity index is 2020. The number of allylic oxidation sites excluding steroid dienone is 4. The van der Waals surface area contributed by atoms with Crippen LogP contribution in [-0.2, 0) is 28.7 Å². The van der Waals surface area contributed by atoms with E-state index in [-0.39, 0.29) is 59.4 Å². The van der Waals surface area contributed by atoms with E-state index in [4.69, 9.17) is 9.47 Å². The fourth-order valence-corrected chi connectivity index (χ4v) is 14.5. The SMILES string of the molecule is CCC1(C2=C3OC(=O)C4=C3[C@@H](CC2)C[C@H]2[C@@H]3CC[C@@]5(C6=C3[C@@H](CN3C(=O)C=CC3=O)c3ccnc(c3)NCSSC[C@H](C)C/C=C\5OC6=O)[C@@H]42)CCCC1. The lowest BCUT2D eigenvalue weighted by Crippen LogP contribution is -2.54. The van der Waals surface area contributed by atoms with Crippen molar-refractivity contribution in [1.82, 2.24) is 9.88 Å². The van der Waals surface area contributed by atoms with Crippen molar-refractivity contribution in [2.45, 2.75) is 90.4 Å². The minimum Gasteiger partial charge on any atom is -0.427 e. The number of rotatable bonds is 4. The van der Waals surface area contributed by atoms with Crippen LogP contribution in [0.1, 0.15) is 96.0 Å². The summed E-state index contributed by atoms with van der Waals surface area (Å²) in [5.74, 6) is 2.49. The van der Waals surface area contributed by atoms with Crippen molar-refractivity contribution in [3.05, 3.63) is 81.5 Å². The van der Waals surface area contributed by atoms with Crippen molar-refractivity contribution in [3.8, 4) is 0 Å². The first-order valence-corrected chi connectivity index (χ1v) is 22.6. The maximum atomic E-state index is 14.7. The van der Waals surface area contributed by atoms with Gasteiger partial charge in [0.25, 0.3) is 11.8 Å². The number of imide groups is 1. The van der Waals surface area contributed by atoms with Gasteiger partial charge in [-0.25, -0.2) is 14.6 Å². The number of carbonyl (C=O) groups excluding carboxylic acids is 4. The standard InChI is InChI=1S/C43H47N3O6S2/c1-3-42(14-4-5-15-42)29-8-7-25-18-27-26-12-16-43(37(27)36-34(25)39(29)52-40(36)49)30-9-6-23(2)21-53-54-22-45-31-19-24(13-17-44-31)28(35(26)38(43)41(50)51-30)20-46-32(47)10-11-33(46)48/h9-11,13,17,19,23,25-28,37H,3-8,12,14-16,18,20-22H2,1-2H3,(H,44,45)/b30-9+/t23-,25+,26+,27+,28+,37-,43+/m1/s1. The second-order valence-electron chi connectivity index (χ2n) is 17.1. The minimum atomic E-state index is -0.830. The number of esters is 2. The molecule has 10 aliphatic rings. The molecule has 1 aromatic rings. The lowest BCUT2D eigenvalue weighted by atomic mass is 9.42. The van der Waals surface area contributed by atoms with Gasteiger partial charge in [0.05, 0.1) is 16.9 Å². The van der Waals surface area contributed by atoms with Gasteiger partial charge in [-0.1, -0.05) is 48.3 Å². The van der Waals surface area contributed by atoms with E-state index in [1.165, 1.54) is 35.5 Å². The van der Waals surface area contributed by atoms with Gasteiger partial charge in [0.2, 0.25) is 0 Å². The van der Waals surface area contributed by atoms with Crippen molar-refractivity contribution in [2.24, 2.45) is 40.4 Å². The lowest BCUT2D eigenvalue weighted by molar-refractivity contribution is -0.137. The molecule has 0 radical (unpaired) electrons. The lowest BCUT2D eigenvalue weighted by Gasteiger charge is -2.58. The quantitative estimate of drug-likeness (QED) is 0.183. The summed E-state index contributed by atoms with van der Waals surface area (Å²) in [5.41, 5.74) is 5.08. The summed E-state index contributed by atoms with van der Waals surface area (Å²) in [6.45, 7) is 4.64. The summed E-state index contributed by atoms with van der Waals surface area (Å²) in [7, 11) is 3.55. The predicted molar refractivity (Wildman–Crippen MR) is 207 cm³/mol. The molecule has 11 heteroatoms. The number of amides is 2. The summed E-state index contributed by atoms with van der Waals surface area (Å²) >= 11 is 0. The number of fused-ring (bicyclic) bond motifs is 3. The van der Waals surface area contributed by atoms with E-state index in [1.807, 2.05) is 12.1 Å². The zero-order chi connectivity index (χ0) is 36.9. The Hall–Kier alpha value is -3.57. The van der Waals surface area contributed by atoms with Gasteiger partial charge < -0.3 is 14.8 Å². The van der Waals surface area contributed by atoms with Crippen LogP contribution in [0.4, 0.5) is 5.82 Å². The Morgan fingerprint density at radius 2 is 1.81 bits per heavy atom. The van der Waals surface area contributed by atoms with Crippen LogP contribution in [0.3, 0.4) is 0 Å². The van der Waals surface area contributed by atoms with Crippen LogP contribution >= 0.6 is 21.6 Å². The van der Waals surface area contributed by atoms with E-state index < -0.39 is 11.3 Å². The molecule has 54 heavy (non-hydrogen) atoms. The Kier molecular flexibility index (Phi) is 8.40. The fraction of sp³-hybridized carbons (Fsp3) is 0.558. The highest BCUT2D eigenvalue weighted by Crippen LogP contribution is 2.73. The second kappa shape index (κ2) is 13.0. The number of anilines is 1. The van der Waals surface area contributed by atoms with E-state index in [0.29, 0.717) is 35.4 Å². The molecule has 4 aliphatic heterocycles. The van der Waals surface area contributed by atoms with E-state index in [0.717, 1.165) is 85.2 Å². The number of hydrogen-bond donors (Lipinski definition) is 1. The molecule has 1 aromatic heterocycles. The number of hydrogen-bond acceptors (Lipinski definition) is 10. The highest BCUT2D eigenvalue weighted by molar-refractivity contribution is 8.76. The zero-order valence-corrected chi connectivity index (χ0v) is 32.6. The third-order valence-corrected chi connectivity index (χ3v) is 17.1. The van der Waals surface area contributed by atoms with E-state index >= 15 is 0 Å². The molecule has 0 aromatic carbocycles. The number of carbonyl (C=O) groups is 4. The number of aromatic nitrogens is 1. The van der Waals surface area contributed by atoms with Crippen LogP contribution in [0.2, 0.25) is 0 Å². The van der Waals surface area contributed by atoms with Gasteiger partial charge in [-0.3, -0.25) is 14.5 Å². The first-order valence-electron chi connectivity index (χ1n) is 20.1. The topological polar surface area (TPSA) is 115 Å². The summed E-state index contributed by atoms with van der Waals surface area (Å²) < 4.78 is 13.0. The van der Waals surface area contributed by atoms with Gasteiger partial charge in [0.15, 0.2) is 0 Å². The molecule has 7 atom stereocenters. The van der Waals surface area contributed by atoms with E-state index in [2.05, 4.69) is 30.2 Å². The maximum Gasteiger partial charge on any atom is 0.340 e. The first kappa shape index (κ1) is 34.9. The van der Waals surface area contributed by atoms with Crippen molar-refractivity contribution >= 4 is 51.2 Å². The minimum absolute atomic E-state index is 0.0352. The molecule has 1 spiro atoms.